The lowest BCUT2D eigenvalue weighted by atomic mass is 10.1. The molecule has 0 saturated heterocycles. The Kier molecular flexibility index (Phi) is 3.31. The molecule has 0 aromatic rings. The van der Waals surface area contributed by atoms with Gasteiger partial charge < -0.3 is 10.0 Å². The molecule has 2 unspecified atom stereocenters. The summed E-state index contributed by atoms with van der Waals surface area (Å²) in [6, 6.07) is 0.543. The predicted octanol–water partition coefficient (Wildman–Crippen LogP) is 1.44. The van der Waals surface area contributed by atoms with Gasteiger partial charge in [0.2, 0.25) is 0 Å². The van der Waals surface area contributed by atoms with Gasteiger partial charge in [0.15, 0.2) is 0 Å². The lowest BCUT2D eigenvalue weighted by Crippen LogP contribution is -2.36. The molecule has 0 aliphatic heterocycles. The zero-order valence-corrected chi connectivity index (χ0v) is 8.66. The minimum absolute atomic E-state index is 0.258. The molecular weight excluding hydrogens is 166 g/mol. The second kappa shape index (κ2) is 4.09. The van der Waals surface area contributed by atoms with Crippen LogP contribution in [0.3, 0.4) is 0 Å². The standard InChI is InChI=1S/C10H19NO2/c1-7(10(12)13)6-11(3)8(2)9-4-5-9/h7-9H,4-6H2,1-3H3,(H,12,13). The van der Waals surface area contributed by atoms with E-state index >= 15 is 0 Å². The minimum Gasteiger partial charge on any atom is -0.481 e. The van der Waals surface area contributed by atoms with Crippen LogP contribution in [0, 0.1) is 11.8 Å². The molecule has 2 atom stereocenters. The van der Waals surface area contributed by atoms with Gasteiger partial charge in [-0.1, -0.05) is 6.92 Å². The van der Waals surface area contributed by atoms with Crippen LogP contribution in [0.15, 0.2) is 0 Å². The van der Waals surface area contributed by atoms with Crippen LogP contribution in [0.5, 0.6) is 0 Å². The molecule has 1 aliphatic carbocycles. The third-order valence-corrected chi connectivity index (χ3v) is 2.98. The van der Waals surface area contributed by atoms with Crippen molar-refractivity contribution in [1.29, 1.82) is 0 Å². The molecular formula is C10H19NO2. The smallest absolute Gasteiger partial charge is 0.307 e. The maximum atomic E-state index is 10.6. The van der Waals surface area contributed by atoms with E-state index in [-0.39, 0.29) is 5.92 Å². The molecule has 0 bridgehead atoms. The highest BCUT2D eigenvalue weighted by atomic mass is 16.4. The molecule has 0 aromatic heterocycles. The van der Waals surface area contributed by atoms with Crippen molar-refractivity contribution in [2.45, 2.75) is 32.7 Å². The van der Waals surface area contributed by atoms with Crippen molar-refractivity contribution in [2.75, 3.05) is 13.6 Å². The summed E-state index contributed by atoms with van der Waals surface area (Å²) in [5.74, 6) is -0.146. The number of carboxylic acids is 1. The number of nitrogens with zero attached hydrogens (tertiary/aromatic N) is 1. The van der Waals surface area contributed by atoms with Gasteiger partial charge in [-0.15, -0.1) is 0 Å². The maximum Gasteiger partial charge on any atom is 0.307 e. The van der Waals surface area contributed by atoms with Gasteiger partial charge in [0.1, 0.15) is 0 Å². The highest BCUT2D eigenvalue weighted by Gasteiger charge is 2.31. The number of aliphatic carboxylic acids is 1. The minimum atomic E-state index is -0.699. The molecule has 1 rings (SSSR count). The Morgan fingerprint density at radius 3 is 2.46 bits per heavy atom. The fraction of sp³-hybridized carbons (Fsp3) is 0.900. The van der Waals surface area contributed by atoms with E-state index in [1.165, 1.54) is 12.8 Å². The highest BCUT2D eigenvalue weighted by molar-refractivity contribution is 5.69. The number of hydrogen-bond donors (Lipinski definition) is 1. The van der Waals surface area contributed by atoms with E-state index in [9.17, 15) is 4.79 Å². The van der Waals surface area contributed by atoms with E-state index in [0.29, 0.717) is 12.6 Å². The zero-order chi connectivity index (χ0) is 10.0. The van der Waals surface area contributed by atoms with E-state index in [4.69, 9.17) is 5.11 Å². The van der Waals surface area contributed by atoms with Gasteiger partial charge in [-0.3, -0.25) is 4.79 Å². The van der Waals surface area contributed by atoms with E-state index < -0.39 is 5.97 Å². The third kappa shape index (κ3) is 2.99. The molecule has 0 aromatic carbocycles. The van der Waals surface area contributed by atoms with Crippen LogP contribution >= 0.6 is 0 Å². The van der Waals surface area contributed by atoms with Gasteiger partial charge in [-0.05, 0) is 32.7 Å². The van der Waals surface area contributed by atoms with Crippen LogP contribution in [0.1, 0.15) is 26.7 Å². The molecule has 3 heteroatoms. The summed E-state index contributed by atoms with van der Waals surface area (Å²) in [5.41, 5.74) is 0. The summed E-state index contributed by atoms with van der Waals surface area (Å²) in [7, 11) is 2.02. The molecule has 0 heterocycles. The molecule has 1 aliphatic rings. The number of carbonyl (C=O) groups is 1. The maximum absolute atomic E-state index is 10.6. The van der Waals surface area contributed by atoms with E-state index in [1.54, 1.807) is 6.92 Å². The molecule has 3 nitrogen and oxygen atoms in total. The summed E-state index contributed by atoms with van der Waals surface area (Å²) in [5, 5.41) is 8.74. The van der Waals surface area contributed by atoms with Crippen LogP contribution in [-0.2, 0) is 4.79 Å². The van der Waals surface area contributed by atoms with Crippen LogP contribution in [0.2, 0.25) is 0 Å². The molecule has 76 valence electrons. The number of rotatable bonds is 5. The second-order valence-corrected chi connectivity index (χ2v) is 4.26. The largest absolute Gasteiger partial charge is 0.481 e. The highest BCUT2D eigenvalue weighted by Crippen LogP contribution is 2.34. The topological polar surface area (TPSA) is 40.5 Å². The molecule has 1 fully saturated rings. The fourth-order valence-corrected chi connectivity index (χ4v) is 1.61. The first-order valence-electron chi connectivity index (χ1n) is 4.95. The van der Waals surface area contributed by atoms with Crippen LogP contribution in [0.25, 0.3) is 0 Å². The van der Waals surface area contributed by atoms with Gasteiger partial charge in [-0.25, -0.2) is 0 Å². The third-order valence-electron chi connectivity index (χ3n) is 2.98. The summed E-state index contributed by atoms with van der Waals surface area (Å²) in [4.78, 5) is 12.8. The molecule has 0 radical (unpaired) electrons. The van der Waals surface area contributed by atoms with Gasteiger partial charge in [0.05, 0.1) is 5.92 Å². The lowest BCUT2D eigenvalue weighted by molar-refractivity contribution is -0.141. The summed E-state index contributed by atoms with van der Waals surface area (Å²) < 4.78 is 0. The quantitative estimate of drug-likeness (QED) is 0.704. The van der Waals surface area contributed by atoms with Crippen molar-refractivity contribution < 1.29 is 9.90 Å². The SMILES string of the molecule is CC(CN(C)C(C)C1CC1)C(=O)O. The second-order valence-electron chi connectivity index (χ2n) is 4.26. The molecule has 0 amide bonds. The van der Waals surface area contributed by atoms with Gasteiger partial charge >= 0.3 is 5.97 Å². The predicted molar refractivity (Wildman–Crippen MR) is 51.6 cm³/mol. The molecule has 0 spiro atoms. The van der Waals surface area contributed by atoms with Crippen molar-refractivity contribution in [3.8, 4) is 0 Å². The van der Waals surface area contributed by atoms with Crippen LogP contribution < -0.4 is 0 Å². The van der Waals surface area contributed by atoms with Crippen molar-refractivity contribution in [3.05, 3.63) is 0 Å². The Balaban J connectivity index is 2.30. The number of hydrogen-bond acceptors (Lipinski definition) is 2. The zero-order valence-electron chi connectivity index (χ0n) is 8.66. The summed E-state index contributed by atoms with van der Waals surface area (Å²) in [6.07, 6.45) is 2.62. The summed E-state index contributed by atoms with van der Waals surface area (Å²) in [6.45, 7) is 4.61. The van der Waals surface area contributed by atoms with Crippen molar-refractivity contribution in [3.63, 3.8) is 0 Å². The van der Waals surface area contributed by atoms with Crippen molar-refractivity contribution in [1.82, 2.24) is 4.90 Å². The first-order valence-corrected chi connectivity index (χ1v) is 4.95. The van der Waals surface area contributed by atoms with Gasteiger partial charge in [-0.2, -0.15) is 0 Å². The Bertz CT molecular complexity index is 189. The molecule has 1 saturated carbocycles. The monoisotopic (exact) mass is 185 g/mol. The van der Waals surface area contributed by atoms with E-state index in [1.807, 2.05) is 7.05 Å². The Labute approximate surface area is 79.7 Å². The van der Waals surface area contributed by atoms with E-state index in [2.05, 4.69) is 11.8 Å². The Hall–Kier alpha value is -0.570. The first-order chi connectivity index (χ1) is 6.02. The number of carboxylic acid groups (broad SMARTS) is 1. The summed E-state index contributed by atoms with van der Waals surface area (Å²) >= 11 is 0. The average molecular weight is 185 g/mol. The van der Waals surface area contributed by atoms with Crippen LogP contribution in [-0.4, -0.2) is 35.6 Å². The fourth-order valence-electron chi connectivity index (χ4n) is 1.61. The molecule has 13 heavy (non-hydrogen) atoms. The molecule has 1 N–H and O–H groups in total. The van der Waals surface area contributed by atoms with Crippen molar-refractivity contribution in [2.24, 2.45) is 11.8 Å². The van der Waals surface area contributed by atoms with Gasteiger partial charge in [0.25, 0.3) is 0 Å². The van der Waals surface area contributed by atoms with Gasteiger partial charge in [0, 0.05) is 12.6 Å². The normalized spacial score (nSPS) is 21.5. The van der Waals surface area contributed by atoms with E-state index in [0.717, 1.165) is 5.92 Å². The first kappa shape index (κ1) is 10.5. The lowest BCUT2D eigenvalue weighted by Gasteiger charge is -2.26. The van der Waals surface area contributed by atoms with Crippen molar-refractivity contribution >= 4 is 5.97 Å². The average Bonchev–Trinajstić information content (AvgIpc) is 2.85. The Morgan fingerprint density at radius 2 is 2.08 bits per heavy atom. The Morgan fingerprint density at radius 1 is 1.54 bits per heavy atom. The van der Waals surface area contributed by atoms with Crippen LogP contribution in [0.4, 0.5) is 0 Å².